The van der Waals surface area contributed by atoms with E-state index in [0.29, 0.717) is 44.2 Å². The number of benzene rings is 2. The molecular formula is C37H50BN3O7. The lowest BCUT2D eigenvalue weighted by Gasteiger charge is -2.64. The Morgan fingerprint density at radius 3 is 2.40 bits per heavy atom. The number of carbonyl (C=O) groups is 3. The fourth-order valence-electron chi connectivity index (χ4n) is 8.53. The van der Waals surface area contributed by atoms with Crippen molar-refractivity contribution in [3.63, 3.8) is 0 Å². The van der Waals surface area contributed by atoms with Crippen molar-refractivity contribution in [2.75, 3.05) is 20.3 Å². The number of methoxy groups -OCH3 is 1. The number of alkyl carbamates (subject to hydrolysis) is 1. The maximum Gasteiger partial charge on any atom is 0.481 e. The average Bonchev–Trinajstić information content (AvgIpc) is 3.72. The van der Waals surface area contributed by atoms with Gasteiger partial charge in [0.05, 0.1) is 17.6 Å². The van der Waals surface area contributed by atoms with Gasteiger partial charge in [-0.2, -0.15) is 0 Å². The van der Waals surface area contributed by atoms with Gasteiger partial charge < -0.3 is 34.3 Å². The molecule has 0 aromatic heterocycles. The third-order valence-electron chi connectivity index (χ3n) is 11.4. The lowest BCUT2D eigenvalue weighted by molar-refractivity contribution is -0.199. The molecule has 2 unspecified atom stereocenters. The van der Waals surface area contributed by atoms with Gasteiger partial charge in [-0.05, 0) is 73.8 Å². The lowest BCUT2D eigenvalue weighted by Crippen LogP contribution is -2.65. The monoisotopic (exact) mass is 659 g/mol. The van der Waals surface area contributed by atoms with E-state index in [4.69, 9.17) is 18.8 Å². The van der Waals surface area contributed by atoms with Crippen LogP contribution >= 0.6 is 0 Å². The Kier molecular flexibility index (Phi) is 10.5. The van der Waals surface area contributed by atoms with Crippen LogP contribution in [0, 0.1) is 17.3 Å². The number of ether oxygens (including phenoxy) is 2. The Hall–Kier alpha value is -3.41. The number of nitrogens with one attached hydrogen (secondary N) is 2. The molecule has 5 fully saturated rings. The van der Waals surface area contributed by atoms with Crippen LogP contribution in [0.4, 0.5) is 4.79 Å². The first-order chi connectivity index (χ1) is 23.1. The van der Waals surface area contributed by atoms with Gasteiger partial charge in [0.15, 0.2) is 0 Å². The molecule has 2 N–H and O–H groups in total. The van der Waals surface area contributed by atoms with Gasteiger partial charge in [0.25, 0.3) is 0 Å². The molecule has 2 bridgehead atoms. The zero-order chi connectivity index (χ0) is 33.9. The molecule has 0 radical (unpaired) electrons. The van der Waals surface area contributed by atoms with Gasteiger partial charge in [0, 0.05) is 26.7 Å². The van der Waals surface area contributed by atoms with E-state index in [2.05, 4.69) is 31.4 Å². The molecule has 7 rings (SSSR count). The van der Waals surface area contributed by atoms with Crippen molar-refractivity contribution < 1.29 is 33.2 Å². The first-order valence-corrected chi connectivity index (χ1v) is 17.5. The van der Waals surface area contributed by atoms with E-state index in [-0.39, 0.29) is 42.3 Å². The Bertz CT molecular complexity index is 1430. The number of nitrogens with zero attached hydrogens (tertiary/aromatic N) is 1. The molecule has 7 atom stereocenters. The van der Waals surface area contributed by atoms with Gasteiger partial charge in [0.1, 0.15) is 18.7 Å². The van der Waals surface area contributed by atoms with Crippen molar-refractivity contribution in [2.24, 2.45) is 17.3 Å². The molecule has 258 valence electrons. The number of rotatable bonds is 13. The second kappa shape index (κ2) is 14.6. The molecule has 2 heterocycles. The number of amides is 3. The first-order valence-electron chi connectivity index (χ1n) is 17.5. The molecule has 5 aliphatic rings. The summed E-state index contributed by atoms with van der Waals surface area (Å²) in [6.45, 7) is 7.90. The van der Waals surface area contributed by atoms with Gasteiger partial charge in [-0.1, -0.05) is 74.5 Å². The van der Waals surface area contributed by atoms with Gasteiger partial charge in [-0.25, -0.2) is 4.79 Å². The second-order valence-corrected chi connectivity index (χ2v) is 14.7. The molecule has 0 spiro atoms. The third-order valence-corrected chi connectivity index (χ3v) is 11.4. The zero-order valence-corrected chi connectivity index (χ0v) is 28.7. The standard InChI is InChI=1S/C37H50BN3O7/c1-36(2)27-22-30(36)37(3)31(23-27)47-38(48-37)32(18-12-20-45-4)40-33(42)29-17-11-19-41(29)34(43)28(21-25-13-7-5-8-14-25)39-35(44)46-24-26-15-9-6-10-16-26/h5-10,13-16,27-32H,11-12,17-24H2,1-4H3,(H,39,44)(H,40,42)/t27?,28-,29+,30?,31-,32+,37+/m1/s1. The smallest absolute Gasteiger partial charge is 0.445 e. The number of hydrogen-bond acceptors (Lipinski definition) is 7. The fourth-order valence-corrected chi connectivity index (χ4v) is 8.53. The van der Waals surface area contributed by atoms with Crippen LogP contribution in [0.1, 0.15) is 70.4 Å². The van der Waals surface area contributed by atoms with Crippen LogP contribution < -0.4 is 10.6 Å². The van der Waals surface area contributed by atoms with Gasteiger partial charge in [-0.3, -0.25) is 9.59 Å². The first kappa shape index (κ1) is 34.5. The molecule has 2 saturated heterocycles. The fraction of sp³-hybridized carbons (Fsp3) is 0.595. The maximum atomic E-state index is 14.2. The minimum Gasteiger partial charge on any atom is -0.445 e. The molecule has 10 nitrogen and oxygen atoms in total. The Labute approximate surface area is 284 Å². The van der Waals surface area contributed by atoms with Crippen LogP contribution in [0.2, 0.25) is 0 Å². The highest BCUT2D eigenvalue weighted by molar-refractivity contribution is 6.47. The van der Waals surface area contributed by atoms with Crippen molar-refractivity contribution >= 4 is 25.0 Å². The minimum atomic E-state index is -0.902. The lowest BCUT2D eigenvalue weighted by atomic mass is 9.43. The van der Waals surface area contributed by atoms with E-state index < -0.39 is 30.9 Å². The molecule has 2 aromatic carbocycles. The summed E-state index contributed by atoms with van der Waals surface area (Å²) >= 11 is 0. The van der Waals surface area contributed by atoms with E-state index in [9.17, 15) is 14.4 Å². The molecular weight excluding hydrogens is 609 g/mol. The SMILES string of the molecule is COCCC[C@H](NC(=O)[C@@H]1CCCN1C(=O)[C@@H](Cc1ccccc1)NC(=O)OCc1ccccc1)B1O[C@@H]2CC3CC(C3(C)C)[C@]2(C)O1. The Morgan fingerprint density at radius 2 is 1.71 bits per heavy atom. The van der Waals surface area contributed by atoms with E-state index in [1.807, 2.05) is 60.7 Å². The summed E-state index contributed by atoms with van der Waals surface area (Å²) in [6, 6.07) is 17.3. The van der Waals surface area contributed by atoms with Crippen LogP contribution in [-0.4, -0.2) is 79.9 Å². The molecule has 48 heavy (non-hydrogen) atoms. The summed E-state index contributed by atoms with van der Waals surface area (Å²) in [4.78, 5) is 42.7. The quantitative estimate of drug-likeness (QED) is 0.237. The average molecular weight is 660 g/mol. The van der Waals surface area contributed by atoms with Crippen molar-refractivity contribution in [3.8, 4) is 0 Å². The van der Waals surface area contributed by atoms with Crippen molar-refractivity contribution in [3.05, 3.63) is 71.8 Å². The van der Waals surface area contributed by atoms with Crippen LogP contribution in [-0.2, 0) is 41.4 Å². The molecule has 11 heteroatoms. The van der Waals surface area contributed by atoms with Gasteiger partial charge >= 0.3 is 13.2 Å². The predicted molar refractivity (Wildman–Crippen MR) is 182 cm³/mol. The highest BCUT2D eigenvalue weighted by atomic mass is 16.7. The molecule has 2 aliphatic heterocycles. The topological polar surface area (TPSA) is 115 Å². The summed E-state index contributed by atoms with van der Waals surface area (Å²) in [5, 5.41) is 6.04. The van der Waals surface area contributed by atoms with Gasteiger partial charge in [-0.15, -0.1) is 0 Å². The molecule has 3 aliphatic carbocycles. The van der Waals surface area contributed by atoms with E-state index >= 15 is 0 Å². The summed E-state index contributed by atoms with van der Waals surface area (Å²) in [5.41, 5.74) is 1.55. The third kappa shape index (κ3) is 7.14. The van der Waals surface area contributed by atoms with Crippen LogP contribution in [0.5, 0.6) is 0 Å². The molecule has 2 aromatic rings. The van der Waals surface area contributed by atoms with E-state index in [1.54, 1.807) is 12.0 Å². The van der Waals surface area contributed by atoms with E-state index in [1.165, 1.54) is 0 Å². The number of carbonyl (C=O) groups excluding carboxylic acids is 3. The zero-order valence-electron chi connectivity index (χ0n) is 28.7. The van der Waals surface area contributed by atoms with Crippen molar-refractivity contribution in [1.82, 2.24) is 15.5 Å². The largest absolute Gasteiger partial charge is 0.481 e. The van der Waals surface area contributed by atoms with Crippen LogP contribution in [0.15, 0.2) is 60.7 Å². The second-order valence-electron chi connectivity index (χ2n) is 14.7. The molecule has 3 amide bonds. The normalized spacial score (nSPS) is 28.2. The summed E-state index contributed by atoms with van der Waals surface area (Å²) < 4.78 is 24.1. The maximum absolute atomic E-state index is 14.2. The molecule has 3 saturated carbocycles. The minimum absolute atomic E-state index is 0.00266. The van der Waals surface area contributed by atoms with Crippen molar-refractivity contribution in [1.29, 1.82) is 0 Å². The summed E-state index contributed by atoms with van der Waals surface area (Å²) in [6.07, 6.45) is 4.26. The highest BCUT2D eigenvalue weighted by Crippen LogP contribution is 2.65. The Morgan fingerprint density at radius 1 is 1.00 bits per heavy atom. The van der Waals surface area contributed by atoms with Crippen LogP contribution in [0.25, 0.3) is 0 Å². The van der Waals surface area contributed by atoms with Gasteiger partial charge in [0.2, 0.25) is 11.8 Å². The van der Waals surface area contributed by atoms with Crippen LogP contribution in [0.3, 0.4) is 0 Å². The number of likely N-dealkylation sites (tertiary alicyclic amines) is 1. The highest BCUT2D eigenvalue weighted by Gasteiger charge is 2.68. The van der Waals surface area contributed by atoms with Crippen molar-refractivity contribution in [2.45, 2.75) is 102 Å². The summed E-state index contributed by atoms with van der Waals surface area (Å²) in [5.74, 6) is 0.100. The van der Waals surface area contributed by atoms with E-state index in [0.717, 1.165) is 30.4 Å². The summed E-state index contributed by atoms with van der Waals surface area (Å²) in [7, 11) is 1.09. The predicted octanol–water partition coefficient (Wildman–Crippen LogP) is 4.69. The number of hydrogen-bond donors (Lipinski definition) is 2. The Balaban J connectivity index is 1.14.